The van der Waals surface area contributed by atoms with E-state index >= 15 is 0 Å². The largest absolute Gasteiger partial charge is 0.339 e. The number of hydrogen-bond acceptors (Lipinski definition) is 5. The summed E-state index contributed by atoms with van der Waals surface area (Å²) in [7, 11) is 0. The molecule has 2 amide bonds. The quantitative estimate of drug-likeness (QED) is 0.748. The zero-order chi connectivity index (χ0) is 20.9. The molecule has 0 N–H and O–H groups in total. The lowest BCUT2D eigenvalue weighted by Crippen LogP contribution is -2.55. The highest BCUT2D eigenvalue weighted by Crippen LogP contribution is 2.26. The van der Waals surface area contributed by atoms with E-state index in [2.05, 4.69) is 26.9 Å². The second-order valence-corrected chi connectivity index (χ2v) is 9.03. The van der Waals surface area contributed by atoms with Crippen molar-refractivity contribution in [3.63, 3.8) is 0 Å². The highest BCUT2D eigenvalue weighted by atomic mass is 16.2. The van der Waals surface area contributed by atoms with Crippen LogP contribution in [-0.4, -0.2) is 94.8 Å². The van der Waals surface area contributed by atoms with Gasteiger partial charge in [-0.15, -0.1) is 0 Å². The summed E-state index contributed by atoms with van der Waals surface area (Å²) >= 11 is 0. The lowest BCUT2D eigenvalue weighted by atomic mass is 9.92. The molecule has 7 heteroatoms. The molecule has 4 rings (SSSR count). The summed E-state index contributed by atoms with van der Waals surface area (Å²) in [6, 6.07) is 4.80. The van der Waals surface area contributed by atoms with Crippen LogP contribution in [0.15, 0.2) is 24.5 Å². The Balaban J connectivity index is 1.24. The molecule has 0 spiro atoms. The number of rotatable bonds is 4. The average molecular weight is 414 g/mol. The number of piperazine rings is 1. The van der Waals surface area contributed by atoms with Crippen LogP contribution >= 0.6 is 0 Å². The molecule has 164 valence electrons. The van der Waals surface area contributed by atoms with Gasteiger partial charge < -0.3 is 9.80 Å². The number of piperidine rings is 2. The number of nitrogens with zero attached hydrogens (tertiary/aromatic N) is 5. The van der Waals surface area contributed by atoms with E-state index in [4.69, 9.17) is 0 Å². The van der Waals surface area contributed by atoms with Crippen molar-refractivity contribution in [3.05, 3.63) is 30.1 Å². The summed E-state index contributed by atoms with van der Waals surface area (Å²) in [4.78, 5) is 37.7. The van der Waals surface area contributed by atoms with E-state index in [0.717, 1.165) is 45.6 Å². The molecule has 0 aromatic carbocycles. The Morgan fingerprint density at radius 3 is 2.27 bits per heavy atom. The van der Waals surface area contributed by atoms with E-state index in [1.807, 2.05) is 22.2 Å². The fraction of sp³-hybridized carbons (Fsp3) is 0.696. The predicted octanol–water partition coefficient (Wildman–Crippen LogP) is 1.45. The van der Waals surface area contributed by atoms with Crippen LogP contribution in [0.4, 0.5) is 0 Å². The van der Waals surface area contributed by atoms with Gasteiger partial charge in [-0.05, 0) is 63.0 Å². The van der Waals surface area contributed by atoms with Crippen molar-refractivity contribution >= 4 is 11.8 Å². The van der Waals surface area contributed by atoms with Gasteiger partial charge in [-0.3, -0.25) is 24.4 Å². The van der Waals surface area contributed by atoms with Crippen LogP contribution in [-0.2, 0) is 16.1 Å². The second kappa shape index (κ2) is 9.88. The Morgan fingerprint density at radius 1 is 0.933 bits per heavy atom. The number of likely N-dealkylation sites (tertiary alicyclic amines) is 2. The van der Waals surface area contributed by atoms with Crippen molar-refractivity contribution in [2.75, 3.05) is 52.4 Å². The van der Waals surface area contributed by atoms with Crippen LogP contribution in [0.25, 0.3) is 0 Å². The van der Waals surface area contributed by atoms with Crippen LogP contribution in [0, 0.1) is 5.92 Å². The fourth-order valence-electron chi connectivity index (χ4n) is 5.23. The molecule has 0 aliphatic carbocycles. The van der Waals surface area contributed by atoms with E-state index < -0.39 is 0 Å². The Morgan fingerprint density at radius 2 is 1.60 bits per heavy atom. The van der Waals surface area contributed by atoms with Gasteiger partial charge in [0.1, 0.15) is 0 Å². The van der Waals surface area contributed by atoms with E-state index in [-0.39, 0.29) is 11.8 Å². The van der Waals surface area contributed by atoms with Gasteiger partial charge >= 0.3 is 0 Å². The Bertz CT molecular complexity index is 712. The zero-order valence-corrected chi connectivity index (χ0v) is 18.2. The molecule has 3 saturated heterocycles. The normalized spacial score (nSPS) is 24.8. The molecule has 0 saturated carbocycles. The van der Waals surface area contributed by atoms with Gasteiger partial charge in [0.05, 0.1) is 5.92 Å². The first kappa shape index (κ1) is 21.2. The minimum atomic E-state index is 0.112. The van der Waals surface area contributed by atoms with Gasteiger partial charge in [-0.1, -0.05) is 0 Å². The van der Waals surface area contributed by atoms with Gasteiger partial charge in [0.15, 0.2) is 0 Å². The third-order valence-corrected chi connectivity index (χ3v) is 7.07. The lowest BCUT2D eigenvalue weighted by molar-refractivity contribution is -0.143. The first-order chi connectivity index (χ1) is 14.6. The third-order valence-electron chi connectivity index (χ3n) is 7.07. The zero-order valence-electron chi connectivity index (χ0n) is 18.2. The van der Waals surface area contributed by atoms with Gasteiger partial charge in [0, 0.05) is 64.6 Å². The first-order valence-electron chi connectivity index (χ1n) is 11.5. The molecular weight excluding hydrogens is 378 g/mol. The topological polar surface area (TPSA) is 60.0 Å². The van der Waals surface area contributed by atoms with Crippen LogP contribution in [0.3, 0.4) is 0 Å². The summed E-state index contributed by atoms with van der Waals surface area (Å²) in [5, 5.41) is 0. The van der Waals surface area contributed by atoms with Crippen molar-refractivity contribution in [2.24, 2.45) is 5.92 Å². The van der Waals surface area contributed by atoms with Crippen LogP contribution in [0.5, 0.6) is 0 Å². The van der Waals surface area contributed by atoms with E-state index in [1.54, 1.807) is 6.92 Å². The molecular formula is C23H35N5O2. The molecule has 4 heterocycles. The summed E-state index contributed by atoms with van der Waals surface area (Å²) in [6.07, 6.45) is 8.22. The Labute approximate surface area is 180 Å². The number of carbonyl (C=O) groups is 2. The van der Waals surface area contributed by atoms with Crippen LogP contribution in [0.1, 0.15) is 38.2 Å². The average Bonchev–Trinajstić information content (AvgIpc) is 2.80. The molecule has 3 aliphatic heterocycles. The molecule has 0 unspecified atom stereocenters. The number of aromatic nitrogens is 1. The molecule has 3 aliphatic rings. The standard InChI is InChI=1S/C23H35N5O2/c1-19(29)26-13-15-27(16-14-26)23(30)21-3-2-10-28(18-21)22-6-11-25(12-7-22)17-20-4-8-24-9-5-20/h4-5,8-9,21-22H,2-3,6-7,10-18H2,1H3/t21-/m0/s1. The predicted molar refractivity (Wildman–Crippen MR) is 116 cm³/mol. The minimum absolute atomic E-state index is 0.112. The molecule has 30 heavy (non-hydrogen) atoms. The minimum Gasteiger partial charge on any atom is -0.339 e. The Kier molecular flexibility index (Phi) is 7.00. The van der Waals surface area contributed by atoms with Crippen LogP contribution < -0.4 is 0 Å². The number of pyridine rings is 1. The van der Waals surface area contributed by atoms with Gasteiger partial charge in [-0.25, -0.2) is 0 Å². The second-order valence-electron chi connectivity index (χ2n) is 9.03. The van der Waals surface area contributed by atoms with Crippen molar-refractivity contribution in [1.82, 2.24) is 24.6 Å². The van der Waals surface area contributed by atoms with E-state index in [1.165, 1.54) is 18.4 Å². The fourth-order valence-corrected chi connectivity index (χ4v) is 5.23. The molecule has 1 aromatic rings. The third kappa shape index (κ3) is 5.19. The SMILES string of the molecule is CC(=O)N1CCN(C(=O)[C@H]2CCCN(C3CCN(Cc4ccncc4)CC3)C2)CC1. The van der Waals surface area contributed by atoms with Gasteiger partial charge in [-0.2, -0.15) is 0 Å². The molecule has 3 fully saturated rings. The molecule has 7 nitrogen and oxygen atoms in total. The summed E-state index contributed by atoms with van der Waals surface area (Å²) in [6.45, 7) is 9.59. The molecule has 1 aromatic heterocycles. The lowest BCUT2D eigenvalue weighted by Gasteiger charge is -2.43. The Hall–Kier alpha value is -1.99. The van der Waals surface area contributed by atoms with Crippen LogP contribution in [0.2, 0.25) is 0 Å². The van der Waals surface area contributed by atoms with Gasteiger partial charge in [0.25, 0.3) is 0 Å². The number of carbonyl (C=O) groups excluding carboxylic acids is 2. The monoisotopic (exact) mass is 413 g/mol. The highest BCUT2D eigenvalue weighted by Gasteiger charge is 2.34. The maximum absolute atomic E-state index is 13.1. The summed E-state index contributed by atoms with van der Waals surface area (Å²) in [5.41, 5.74) is 1.33. The maximum Gasteiger partial charge on any atom is 0.227 e. The number of hydrogen-bond donors (Lipinski definition) is 0. The van der Waals surface area contributed by atoms with Crippen molar-refractivity contribution in [3.8, 4) is 0 Å². The number of amides is 2. The van der Waals surface area contributed by atoms with Gasteiger partial charge in [0.2, 0.25) is 11.8 Å². The molecule has 0 radical (unpaired) electrons. The molecule has 1 atom stereocenters. The first-order valence-corrected chi connectivity index (χ1v) is 11.5. The summed E-state index contributed by atoms with van der Waals surface area (Å²) in [5.74, 6) is 0.539. The van der Waals surface area contributed by atoms with Crippen molar-refractivity contribution in [2.45, 2.75) is 45.2 Å². The van der Waals surface area contributed by atoms with E-state index in [9.17, 15) is 9.59 Å². The van der Waals surface area contributed by atoms with E-state index in [0.29, 0.717) is 38.1 Å². The summed E-state index contributed by atoms with van der Waals surface area (Å²) < 4.78 is 0. The van der Waals surface area contributed by atoms with Crippen molar-refractivity contribution in [1.29, 1.82) is 0 Å². The maximum atomic E-state index is 13.1. The van der Waals surface area contributed by atoms with Crippen molar-refractivity contribution < 1.29 is 9.59 Å². The molecule has 0 bridgehead atoms. The smallest absolute Gasteiger partial charge is 0.227 e. The highest BCUT2D eigenvalue weighted by molar-refractivity contribution is 5.80.